The summed E-state index contributed by atoms with van der Waals surface area (Å²) in [5.41, 5.74) is 1.08. The fourth-order valence-electron chi connectivity index (χ4n) is 2.67. The Morgan fingerprint density at radius 1 is 1.25 bits per heavy atom. The van der Waals surface area contributed by atoms with E-state index in [0.717, 1.165) is 28.2 Å². The van der Waals surface area contributed by atoms with Gasteiger partial charge in [0, 0.05) is 16.4 Å². The van der Waals surface area contributed by atoms with Gasteiger partial charge in [0.15, 0.2) is 5.82 Å². The van der Waals surface area contributed by atoms with E-state index < -0.39 is 11.1 Å². The Labute approximate surface area is 141 Å². The molecule has 128 valence electrons. The fourth-order valence-corrected chi connectivity index (χ4v) is 3.93. The average molecular weight is 355 g/mol. The zero-order valence-electron chi connectivity index (χ0n) is 13.2. The van der Waals surface area contributed by atoms with Crippen LogP contribution in [0.15, 0.2) is 12.4 Å². The highest BCUT2D eigenvalue weighted by atomic mass is 32.1. The molecule has 0 saturated heterocycles. The van der Waals surface area contributed by atoms with Gasteiger partial charge in [-0.2, -0.15) is 13.2 Å². The van der Waals surface area contributed by atoms with Crippen molar-refractivity contribution >= 4 is 23.1 Å². The summed E-state index contributed by atoms with van der Waals surface area (Å²) in [6.45, 7) is 3.47. The minimum atomic E-state index is -4.41. The highest BCUT2D eigenvalue weighted by Crippen LogP contribution is 2.47. The molecule has 0 radical (unpaired) electrons. The summed E-state index contributed by atoms with van der Waals surface area (Å²) in [6.07, 6.45) is 0.364. The number of alkyl halides is 3. The molecule has 4 nitrogen and oxygen atoms in total. The molecule has 0 aliphatic heterocycles. The van der Waals surface area contributed by atoms with Crippen molar-refractivity contribution in [2.24, 2.45) is 5.92 Å². The van der Waals surface area contributed by atoms with Crippen LogP contribution in [0, 0.1) is 5.92 Å². The first-order chi connectivity index (χ1) is 11.3. The van der Waals surface area contributed by atoms with Crippen LogP contribution in [0.5, 0.6) is 0 Å². The lowest BCUT2D eigenvalue weighted by Crippen LogP contribution is -2.18. The number of aromatic nitrogens is 2. The normalized spacial score (nSPS) is 14.1. The number of carbonyl (C=O) groups excluding carboxylic acids is 1. The van der Waals surface area contributed by atoms with Crippen LogP contribution in [-0.2, 0) is 23.8 Å². The Kier molecular flexibility index (Phi) is 4.33. The van der Waals surface area contributed by atoms with Gasteiger partial charge in [0.2, 0.25) is 5.91 Å². The number of hydrogen-bond acceptors (Lipinski definition) is 4. The van der Waals surface area contributed by atoms with E-state index in [1.54, 1.807) is 13.8 Å². The molecule has 0 bridgehead atoms. The van der Waals surface area contributed by atoms with Gasteiger partial charge in [-0.25, -0.2) is 4.98 Å². The Morgan fingerprint density at radius 3 is 2.58 bits per heavy atom. The first kappa shape index (κ1) is 16.9. The molecule has 1 N–H and O–H groups in total. The maximum Gasteiger partial charge on any atom is 0.426 e. The second kappa shape index (κ2) is 6.16. The van der Waals surface area contributed by atoms with Crippen molar-refractivity contribution in [3.05, 3.63) is 27.7 Å². The van der Waals surface area contributed by atoms with Crippen LogP contribution < -0.4 is 5.32 Å². The van der Waals surface area contributed by atoms with E-state index in [2.05, 4.69) is 15.3 Å². The number of fused-ring (bicyclic) bond motifs is 1. The minimum absolute atomic E-state index is 0.147. The Bertz CT molecular complexity index is 766. The molecular weight excluding hydrogens is 339 g/mol. The van der Waals surface area contributed by atoms with Gasteiger partial charge in [0.25, 0.3) is 0 Å². The summed E-state index contributed by atoms with van der Waals surface area (Å²) >= 11 is 0.807. The van der Waals surface area contributed by atoms with Crippen molar-refractivity contribution in [2.45, 2.75) is 39.3 Å². The zero-order chi connectivity index (χ0) is 17.5. The van der Waals surface area contributed by atoms with Crippen molar-refractivity contribution in [1.82, 2.24) is 9.97 Å². The quantitative estimate of drug-likeness (QED) is 0.893. The summed E-state index contributed by atoms with van der Waals surface area (Å²) in [5.74, 6) is -0.203. The molecule has 2 aromatic heterocycles. The van der Waals surface area contributed by atoms with Crippen LogP contribution in [0.4, 0.5) is 19.0 Å². The Hall–Kier alpha value is -1.96. The molecule has 24 heavy (non-hydrogen) atoms. The second-order valence-corrected chi connectivity index (χ2v) is 7.10. The van der Waals surface area contributed by atoms with E-state index >= 15 is 0 Å². The molecule has 1 amide bonds. The summed E-state index contributed by atoms with van der Waals surface area (Å²) in [4.78, 5) is 20.0. The SMILES string of the molecule is CC(C)C(=O)Nc1cnc(-c2c(C(F)(F)F)sc3c2CCC3)cn1. The van der Waals surface area contributed by atoms with Crippen molar-refractivity contribution < 1.29 is 18.0 Å². The molecule has 0 aromatic carbocycles. The van der Waals surface area contributed by atoms with Crippen molar-refractivity contribution in [3.63, 3.8) is 0 Å². The van der Waals surface area contributed by atoms with Gasteiger partial charge in [0.05, 0.1) is 18.1 Å². The summed E-state index contributed by atoms with van der Waals surface area (Å²) < 4.78 is 40.0. The highest BCUT2D eigenvalue weighted by molar-refractivity contribution is 7.12. The summed E-state index contributed by atoms with van der Waals surface area (Å²) in [7, 11) is 0. The molecule has 0 unspecified atom stereocenters. The van der Waals surface area contributed by atoms with Gasteiger partial charge >= 0.3 is 6.18 Å². The summed E-state index contributed by atoms with van der Waals surface area (Å²) in [6, 6.07) is 0. The van der Waals surface area contributed by atoms with E-state index in [0.29, 0.717) is 12.8 Å². The minimum Gasteiger partial charge on any atom is -0.309 e. The molecule has 0 fully saturated rings. The monoisotopic (exact) mass is 355 g/mol. The van der Waals surface area contributed by atoms with Gasteiger partial charge in [-0.05, 0) is 24.8 Å². The Balaban J connectivity index is 1.96. The topological polar surface area (TPSA) is 54.9 Å². The third-order valence-electron chi connectivity index (χ3n) is 3.86. The van der Waals surface area contributed by atoms with Gasteiger partial charge < -0.3 is 5.32 Å². The van der Waals surface area contributed by atoms with E-state index in [1.165, 1.54) is 12.4 Å². The highest BCUT2D eigenvalue weighted by Gasteiger charge is 2.39. The maximum absolute atomic E-state index is 13.3. The lowest BCUT2D eigenvalue weighted by Gasteiger charge is -2.10. The number of nitrogens with zero attached hydrogens (tertiary/aromatic N) is 2. The van der Waals surface area contributed by atoms with Gasteiger partial charge in [-0.3, -0.25) is 9.78 Å². The predicted molar refractivity (Wildman–Crippen MR) is 85.8 cm³/mol. The van der Waals surface area contributed by atoms with Crippen LogP contribution in [0.25, 0.3) is 11.3 Å². The van der Waals surface area contributed by atoms with Crippen LogP contribution in [0.2, 0.25) is 0 Å². The third kappa shape index (κ3) is 3.15. The number of halogens is 3. The number of nitrogens with one attached hydrogen (secondary N) is 1. The molecule has 0 spiro atoms. The van der Waals surface area contributed by atoms with Crippen LogP contribution in [0.3, 0.4) is 0 Å². The third-order valence-corrected chi connectivity index (χ3v) is 5.20. The van der Waals surface area contributed by atoms with E-state index in [4.69, 9.17) is 0 Å². The molecule has 2 aromatic rings. The molecule has 3 rings (SSSR count). The van der Waals surface area contributed by atoms with Crippen LogP contribution >= 0.6 is 11.3 Å². The van der Waals surface area contributed by atoms with E-state index in [9.17, 15) is 18.0 Å². The Morgan fingerprint density at radius 2 is 2.00 bits per heavy atom. The maximum atomic E-state index is 13.3. The second-order valence-electron chi connectivity index (χ2n) is 5.99. The van der Waals surface area contributed by atoms with Gasteiger partial charge in [-0.15, -0.1) is 11.3 Å². The largest absolute Gasteiger partial charge is 0.426 e. The number of amides is 1. The lowest BCUT2D eigenvalue weighted by atomic mass is 10.1. The molecular formula is C16H16F3N3OS. The zero-order valence-corrected chi connectivity index (χ0v) is 14.0. The molecule has 0 atom stereocenters. The first-order valence-corrected chi connectivity index (χ1v) is 8.44. The smallest absolute Gasteiger partial charge is 0.309 e. The van der Waals surface area contributed by atoms with Crippen molar-refractivity contribution in [2.75, 3.05) is 5.32 Å². The molecule has 8 heteroatoms. The van der Waals surface area contributed by atoms with Gasteiger partial charge in [0.1, 0.15) is 4.88 Å². The first-order valence-electron chi connectivity index (χ1n) is 7.62. The average Bonchev–Trinajstić information content (AvgIpc) is 3.08. The van der Waals surface area contributed by atoms with E-state index in [1.807, 2.05) is 0 Å². The number of rotatable bonds is 3. The predicted octanol–water partition coefficient (Wildman–Crippen LogP) is 4.31. The standard InChI is InChI=1S/C16H16F3N3OS/c1-8(2)15(23)22-12-7-20-10(6-21-12)13-9-4-3-5-11(9)24-14(13)16(17,18)19/h6-8H,3-5H2,1-2H3,(H,21,22,23). The number of carbonyl (C=O) groups is 1. The van der Waals surface area contributed by atoms with Gasteiger partial charge in [-0.1, -0.05) is 13.8 Å². The number of thiophene rings is 1. The number of anilines is 1. The molecule has 1 aliphatic carbocycles. The summed E-state index contributed by atoms with van der Waals surface area (Å²) in [5, 5.41) is 2.58. The van der Waals surface area contributed by atoms with Crippen molar-refractivity contribution in [1.29, 1.82) is 0 Å². The molecule has 1 aliphatic rings. The van der Waals surface area contributed by atoms with Crippen LogP contribution in [-0.4, -0.2) is 15.9 Å². The van der Waals surface area contributed by atoms with Crippen molar-refractivity contribution in [3.8, 4) is 11.3 Å². The molecule has 2 heterocycles. The van der Waals surface area contributed by atoms with Crippen LogP contribution in [0.1, 0.15) is 35.6 Å². The number of aryl methyl sites for hydroxylation is 1. The lowest BCUT2D eigenvalue weighted by molar-refractivity contribution is -0.133. The van der Waals surface area contributed by atoms with E-state index in [-0.39, 0.29) is 28.9 Å². The fraction of sp³-hybridized carbons (Fsp3) is 0.438. The molecule has 0 saturated carbocycles. The number of hydrogen-bond donors (Lipinski definition) is 1.